The second-order valence-electron chi connectivity index (χ2n) is 12.2. The highest BCUT2D eigenvalue weighted by atomic mass is 19.4. The number of hydrogen-bond acceptors (Lipinski definition) is 6. The van der Waals surface area contributed by atoms with E-state index in [1.807, 2.05) is 7.05 Å². The summed E-state index contributed by atoms with van der Waals surface area (Å²) in [6.45, 7) is 5.78. The van der Waals surface area contributed by atoms with Crippen LogP contribution in [0.3, 0.4) is 0 Å². The predicted octanol–water partition coefficient (Wildman–Crippen LogP) is 4.30. The Balaban J connectivity index is 1.29. The molecule has 1 spiro atoms. The summed E-state index contributed by atoms with van der Waals surface area (Å²) in [6.07, 6.45) is -9.58. The first-order valence-corrected chi connectivity index (χ1v) is 14.2. The number of piperazine rings is 1. The van der Waals surface area contributed by atoms with Gasteiger partial charge in [-0.05, 0) is 62.9 Å². The Hall–Kier alpha value is -2.58. The highest BCUT2D eigenvalue weighted by Crippen LogP contribution is 2.58. The van der Waals surface area contributed by atoms with Crippen LogP contribution >= 0.6 is 0 Å². The Bertz CT molecular complexity index is 1160. The number of likely N-dealkylation sites (N-methyl/N-ethyl adjacent to an activating group) is 1. The van der Waals surface area contributed by atoms with E-state index in [2.05, 4.69) is 15.1 Å². The van der Waals surface area contributed by atoms with Crippen molar-refractivity contribution in [1.29, 1.82) is 0 Å². The molecule has 8 nitrogen and oxygen atoms in total. The third-order valence-electron chi connectivity index (χ3n) is 9.18. The van der Waals surface area contributed by atoms with E-state index >= 15 is 0 Å². The topological polar surface area (TPSA) is 74.3 Å². The fraction of sp³-hybridized carbons (Fsp3) is 0.714. The van der Waals surface area contributed by atoms with E-state index in [1.165, 1.54) is 6.92 Å². The number of likely N-dealkylation sites (tertiary alicyclic amines) is 1. The number of piperidine rings is 1. The van der Waals surface area contributed by atoms with Crippen molar-refractivity contribution in [2.24, 2.45) is 5.92 Å². The predicted molar refractivity (Wildman–Crippen MR) is 138 cm³/mol. The van der Waals surface area contributed by atoms with Gasteiger partial charge >= 0.3 is 18.4 Å². The van der Waals surface area contributed by atoms with Crippen LogP contribution in [0.25, 0.3) is 0 Å². The van der Waals surface area contributed by atoms with Gasteiger partial charge in [0.1, 0.15) is 6.61 Å². The molecule has 0 aromatic heterocycles. The first kappa shape index (κ1) is 30.9. The molecular formula is C28H36F6N4O4. The van der Waals surface area contributed by atoms with Crippen molar-refractivity contribution in [3.8, 4) is 0 Å². The van der Waals surface area contributed by atoms with E-state index in [4.69, 9.17) is 9.47 Å². The molecule has 14 heteroatoms. The maximum Gasteiger partial charge on any atom is 0.416 e. The van der Waals surface area contributed by atoms with Crippen LogP contribution < -0.4 is 5.32 Å². The lowest BCUT2D eigenvalue weighted by molar-refractivity contribution is -0.143. The molecule has 3 aliphatic heterocycles. The summed E-state index contributed by atoms with van der Waals surface area (Å²) >= 11 is 0. The van der Waals surface area contributed by atoms with Crippen LogP contribution in [0.5, 0.6) is 0 Å². The molecule has 234 valence electrons. The lowest BCUT2D eigenvalue weighted by Crippen LogP contribution is -2.61. The quantitative estimate of drug-likeness (QED) is 0.467. The standard InChI is InChI=1S/C28H36F6N4O4/c1-18(19-11-20(27(29,30)31)13-21(12-19)28(32,33)34)42-17-26-15-22(26)14-25(4-3-23(39)35-25)16-38(26)24(40)41-10-9-37-7-5-36(2)6-8-37/h11-13,18,22H,3-10,14-17H2,1-2H3,(H,35,39)/t18-,22?,25-,26+/m1/s1. The Morgan fingerprint density at radius 2 is 1.69 bits per heavy atom. The van der Waals surface area contributed by atoms with Gasteiger partial charge in [-0.3, -0.25) is 14.6 Å². The van der Waals surface area contributed by atoms with Crippen molar-refractivity contribution in [2.45, 2.75) is 62.1 Å². The van der Waals surface area contributed by atoms with Gasteiger partial charge in [-0.2, -0.15) is 26.3 Å². The summed E-state index contributed by atoms with van der Waals surface area (Å²) in [5, 5.41) is 3.02. The average Bonchev–Trinajstić information content (AvgIpc) is 3.52. The molecule has 1 aromatic rings. The molecule has 4 fully saturated rings. The summed E-state index contributed by atoms with van der Waals surface area (Å²) in [6, 6.07) is 1.41. The molecule has 3 heterocycles. The van der Waals surface area contributed by atoms with Crippen LogP contribution in [-0.4, -0.2) is 97.3 Å². The number of ether oxygens (including phenoxy) is 2. The fourth-order valence-electron chi connectivity index (χ4n) is 6.49. The molecule has 3 saturated heterocycles. The van der Waals surface area contributed by atoms with Crippen LogP contribution in [0.15, 0.2) is 18.2 Å². The van der Waals surface area contributed by atoms with Crippen LogP contribution in [0, 0.1) is 5.92 Å². The van der Waals surface area contributed by atoms with Crippen molar-refractivity contribution in [2.75, 3.05) is 59.5 Å². The van der Waals surface area contributed by atoms with E-state index in [-0.39, 0.29) is 43.2 Å². The van der Waals surface area contributed by atoms with Crippen molar-refractivity contribution >= 4 is 12.0 Å². The van der Waals surface area contributed by atoms with Crippen molar-refractivity contribution in [1.82, 2.24) is 20.0 Å². The highest BCUT2D eigenvalue weighted by molar-refractivity contribution is 5.80. The smallest absolute Gasteiger partial charge is 0.416 e. The van der Waals surface area contributed by atoms with Crippen LogP contribution in [0.2, 0.25) is 0 Å². The number of nitrogens with one attached hydrogen (secondary N) is 1. The van der Waals surface area contributed by atoms with Gasteiger partial charge in [-0.1, -0.05) is 0 Å². The molecular weight excluding hydrogens is 570 g/mol. The van der Waals surface area contributed by atoms with Gasteiger partial charge in [0.05, 0.1) is 34.9 Å². The normalized spacial score (nSPS) is 29.4. The summed E-state index contributed by atoms with van der Waals surface area (Å²) in [4.78, 5) is 31.5. The molecule has 1 N–H and O–H groups in total. The van der Waals surface area contributed by atoms with Gasteiger partial charge in [-0.15, -0.1) is 0 Å². The first-order chi connectivity index (χ1) is 19.6. The van der Waals surface area contributed by atoms with Gasteiger partial charge in [0.25, 0.3) is 0 Å². The molecule has 0 radical (unpaired) electrons. The first-order valence-electron chi connectivity index (χ1n) is 14.2. The minimum atomic E-state index is -4.97. The third-order valence-corrected chi connectivity index (χ3v) is 9.18. The second kappa shape index (κ2) is 11.2. The monoisotopic (exact) mass is 606 g/mol. The molecule has 0 bridgehead atoms. The van der Waals surface area contributed by atoms with Crippen molar-refractivity contribution < 1.29 is 45.4 Å². The number of nitrogens with zero attached hydrogens (tertiary/aromatic N) is 3. The SMILES string of the molecule is C[C@@H](OC[C@@]12CC1C[C@]1(CCC(=O)N1)CN2C(=O)OCCN1CCN(C)CC1)c1cc(C(F)(F)F)cc(C(F)(F)F)c1. The maximum absolute atomic E-state index is 13.4. The highest BCUT2D eigenvalue weighted by Gasteiger charge is 2.67. The number of carbonyl (C=O) groups excluding carboxylic acids is 2. The number of benzene rings is 1. The zero-order valence-corrected chi connectivity index (χ0v) is 23.6. The van der Waals surface area contributed by atoms with Crippen molar-refractivity contribution in [3.05, 3.63) is 34.9 Å². The second-order valence-corrected chi connectivity index (χ2v) is 12.2. The van der Waals surface area contributed by atoms with E-state index in [1.54, 1.807) is 4.90 Å². The van der Waals surface area contributed by atoms with E-state index in [0.717, 1.165) is 26.2 Å². The minimum Gasteiger partial charge on any atom is -0.448 e. The summed E-state index contributed by atoms with van der Waals surface area (Å²) < 4.78 is 92.0. The van der Waals surface area contributed by atoms with E-state index in [0.29, 0.717) is 44.4 Å². The van der Waals surface area contributed by atoms with Gasteiger partial charge in [0.15, 0.2) is 0 Å². The van der Waals surface area contributed by atoms with E-state index in [9.17, 15) is 35.9 Å². The average molecular weight is 607 g/mol. The Morgan fingerprint density at radius 3 is 2.26 bits per heavy atom. The largest absolute Gasteiger partial charge is 0.448 e. The van der Waals surface area contributed by atoms with Crippen LogP contribution in [0.4, 0.5) is 31.1 Å². The molecule has 1 aromatic carbocycles. The van der Waals surface area contributed by atoms with Gasteiger partial charge in [0.2, 0.25) is 5.91 Å². The number of hydrogen-bond donors (Lipinski definition) is 1. The Morgan fingerprint density at radius 1 is 1.05 bits per heavy atom. The Kier molecular flexibility index (Phi) is 8.20. The fourth-order valence-corrected chi connectivity index (χ4v) is 6.49. The molecule has 1 saturated carbocycles. The summed E-state index contributed by atoms with van der Waals surface area (Å²) in [5.41, 5.74) is -4.49. The summed E-state index contributed by atoms with van der Waals surface area (Å²) in [5.74, 6) is -0.157. The molecule has 1 aliphatic carbocycles. The number of halogens is 6. The molecule has 5 rings (SSSR count). The summed E-state index contributed by atoms with van der Waals surface area (Å²) in [7, 11) is 2.04. The molecule has 42 heavy (non-hydrogen) atoms. The number of fused-ring (bicyclic) bond motifs is 1. The zero-order chi connectivity index (χ0) is 30.5. The molecule has 4 atom stereocenters. The minimum absolute atomic E-state index is 0.0609. The zero-order valence-electron chi connectivity index (χ0n) is 23.6. The Labute approximate surface area is 240 Å². The van der Waals surface area contributed by atoms with Gasteiger partial charge in [-0.25, -0.2) is 4.79 Å². The van der Waals surface area contributed by atoms with Crippen molar-refractivity contribution in [3.63, 3.8) is 0 Å². The van der Waals surface area contributed by atoms with Gasteiger partial charge in [0, 0.05) is 45.7 Å². The lowest BCUT2D eigenvalue weighted by Gasteiger charge is -2.44. The number of alkyl halides is 6. The molecule has 4 aliphatic rings. The van der Waals surface area contributed by atoms with Crippen LogP contribution in [0.1, 0.15) is 55.4 Å². The molecule has 2 amide bonds. The number of rotatable bonds is 7. The molecule has 1 unspecified atom stereocenters. The maximum atomic E-state index is 13.4. The number of amides is 2. The van der Waals surface area contributed by atoms with E-state index < -0.39 is 46.8 Å². The number of carbonyl (C=O) groups is 2. The lowest BCUT2D eigenvalue weighted by atomic mass is 9.84. The third kappa shape index (κ3) is 6.49. The van der Waals surface area contributed by atoms with Crippen LogP contribution in [-0.2, 0) is 26.6 Å². The van der Waals surface area contributed by atoms with Gasteiger partial charge < -0.3 is 19.7 Å².